The summed E-state index contributed by atoms with van der Waals surface area (Å²) in [4.78, 5) is 0. The van der Waals surface area contributed by atoms with Crippen LogP contribution in [0.3, 0.4) is 0 Å². The Bertz CT molecular complexity index is 206. The highest BCUT2D eigenvalue weighted by Gasteiger charge is 2.41. The average Bonchev–Trinajstić information content (AvgIpc) is 3.06. The summed E-state index contributed by atoms with van der Waals surface area (Å²) in [5.41, 5.74) is 0. The van der Waals surface area contributed by atoms with Crippen molar-refractivity contribution >= 4 is 0 Å². The second-order valence-corrected chi connectivity index (χ2v) is 5.11. The lowest BCUT2D eigenvalue weighted by Gasteiger charge is -2.43. The normalized spacial score (nSPS) is 33.8. The Morgan fingerprint density at radius 3 is 2.62 bits per heavy atom. The minimum Gasteiger partial charge on any atom is -0.375 e. The Hall–Kier alpha value is -0.120. The van der Waals surface area contributed by atoms with Crippen molar-refractivity contribution < 1.29 is 9.47 Å². The second-order valence-electron chi connectivity index (χ2n) is 5.11. The molecule has 0 spiro atoms. The van der Waals surface area contributed by atoms with Crippen LogP contribution in [0.25, 0.3) is 0 Å². The summed E-state index contributed by atoms with van der Waals surface area (Å²) in [6.07, 6.45) is 6.90. The van der Waals surface area contributed by atoms with Crippen LogP contribution in [0.2, 0.25) is 0 Å². The van der Waals surface area contributed by atoms with Crippen LogP contribution in [0.5, 0.6) is 0 Å². The SMILES string of the molecule is CCCOC1C(NC)CC1OCCC1CC1. The maximum atomic E-state index is 5.91. The number of hydrogen-bond donors (Lipinski definition) is 1. The van der Waals surface area contributed by atoms with Gasteiger partial charge in [0.2, 0.25) is 0 Å². The molecule has 3 heteroatoms. The fourth-order valence-electron chi connectivity index (χ4n) is 2.30. The van der Waals surface area contributed by atoms with E-state index in [1.54, 1.807) is 0 Å². The highest BCUT2D eigenvalue weighted by atomic mass is 16.5. The van der Waals surface area contributed by atoms with E-state index < -0.39 is 0 Å². The molecule has 0 aliphatic heterocycles. The number of nitrogens with one attached hydrogen (secondary N) is 1. The molecule has 0 radical (unpaired) electrons. The van der Waals surface area contributed by atoms with Gasteiger partial charge in [0.15, 0.2) is 0 Å². The molecule has 3 unspecified atom stereocenters. The molecule has 2 saturated carbocycles. The average molecular weight is 227 g/mol. The quantitative estimate of drug-likeness (QED) is 0.687. The lowest BCUT2D eigenvalue weighted by Crippen LogP contribution is -2.59. The molecule has 0 aromatic heterocycles. The first-order chi connectivity index (χ1) is 7.85. The smallest absolute Gasteiger partial charge is 0.0990 e. The van der Waals surface area contributed by atoms with Crippen LogP contribution in [0, 0.1) is 5.92 Å². The third-order valence-corrected chi connectivity index (χ3v) is 3.69. The Labute approximate surface area is 98.9 Å². The summed E-state index contributed by atoms with van der Waals surface area (Å²) in [5, 5.41) is 3.30. The molecule has 94 valence electrons. The van der Waals surface area contributed by atoms with E-state index in [2.05, 4.69) is 12.2 Å². The molecular formula is C13H25NO2. The van der Waals surface area contributed by atoms with Crippen molar-refractivity contribution in [2.45, 2.75) is 57.3 Å². The van der Waals surface area contributed by atoms with Gasteiger partial charge in [0.25, 0.3) is 0 Å². The number of hydrogen-bond acceptors (Lipinski definition) is 3. The molecule has 0 bridgehead atoms. The predicted molar refractivity (Wildman–Crippen MR) is 64.6 cm³/mol. The van der Waals surface area contributed by atoms with Crippen LogP contribution in [0.15, 0.2) is 0 Å². The van der Waals surface area contributed by atoms with Gasteiger partial charge in [-0.1, -0.05) is 19.8 Å². The molecule has 2 fully saturated rings. The van der Waals surface area contributed by atoms with Gasteiger partial charge in [-0.15, -0.1) is 0 Å². The van der Waals surface area contributed by atoms with Gasteiger partial charge in [-0.3, -0.25) is 0 Å². The molecule has 2 rings (SSSR count). The van der Waals surface area contributed by atoms with Crippen molar-refractivity contribution in [2.24, 2.45) is 5.92 Å². The number of rotatable bonds is 8. The highest BCUT2D eigenvalue weighted by Crippen LogP contribution is 2.33. The first-order valence-corrected chi connectivity index (χ1v) is 6.75. The number of likely N-dealkylation sites (N-methyl/N-ethyl adjacent to an activating group) is 1. The molecule has 0 amide bonds. The summed E-state index contributed by atoms with van der Waals surface area (Å²) in [7, 11) is 2.01. The van der Waals surface area contributed by atoms with Gasteiger partial charge in [0, 0.05) is 19.3 Å². The zero-order valence-corrected chi connectivity index (χ0v) is 10.6. The molecule has 3 nitrogen and oxygen atoms in total. The van der Waals surface area contributed by atoms with Crippen LogP contribution in [-0.2, 0) is 9.47 Å². The third kappa shape index (κ3) is 3.19. The van der Waals surface area contributed by atoms with E-state index in [9.17, 15) is 0 Å². The Morgan fingerprint density at radius 2 is 2.00 bits per heavy atom. The summed E-state index contributed by atoms with van der Waals surface area (Å²) in [6.45, 7) is 3.93. The first-order valence-electron chi connectivity index (χ1n) is 6.75. The molecule has 3 atom stereocenters. The van der Waals surface area contributed by atoms with Crippen molar-refractivity contribution in [3.05, 3.63) is 0 Å². The van der Waals surface area contributed by atoms with Gasteiger partial charge >= 0.3 is 0 Å². The summed E-state index contributed by atoms with van der Waals surface area (Å²) < 4.78 is 11.7. The molecular weight excluding hydrogens is 202 g/mol. The van der Waals surface area contributed by atoms with Gasteiger partial charge in [-0.05, 0) is 32.2 Å². The summed E-state index contributed by atoms with van der Waals surface area (Å²) in [6, 6.07) is 0.498. The van der Waals surface area contributed by atoms with Crippen LogP contribution >= 0.6 is 0 Å². The van der Waals surface area contributed by atoms with E-state index >= 15 is 0 Å². The van der Waals surface area contributed by atoms with E-state index in [4.69, 9.17) is 9.47 Å². The first kappa shape index (κ1) is 12.3. The molecule has 16 heavy (non-hydrogen) atoms. The maximum absolute atomic E-state index is 5.91. The maximum Gasteiger partial charge on any atom is 0.0990 e. The third-order valence-electron chi connectivity index (χ3n) is 3.69. The largest absolute Gasteiger partial charge is 0.375 e. The molecule has 2 aliphatic rings. The van der Waals surface area contributed by atoms with Crippen LogP contribution in [-0.4, -0.2) is 38.5 Å². The monoisotopic (exact) mass is 227 g/mol. The Morgan fingerprint density at radius 1 is 1.19 bits per heavy atom. The van der Waals surface area contributed by atoms with Crippen molar-refractivity contribution in [1.29, 1.82) is 0 Å². The second kappa shape index (κ2) is 5.99. The standard InChI is InChI=1S/C13H25NO2/c1-3-7-16-13-11(14-2)9-12(13)15-8-6-10-4-5-10/h10-14H,3-9H2,1-2H3. The minimum absolute atomic E-state index is 0.282. The van der Waals surface area contributed by atoms with Crippen molar-refractivity contribution in [3.8, 4) is 0 Å². The lowest BCUT2D eigenvalue weighted by atomic mass is 9.85. The Kier molecular flexibility index (Phi) is 4.62. The topological polar surface area (TPSA) is 30.5 Å². The summed E-state index contributed by atoms with van der Waals surface area (Å²) >= 11 is 0. The van der Waals surface area contributed by atoms with E-state index in [0.29, 0.717) is 12.1 Å². The van der Waals surface area contributed by atoms with Crippen LogP contribution < -0.4 is 5.32 Å². The zero-order valence-electron chi connectivity index (χ0n) is 10.6. The van der Waals surface area contributed by atoms with Crippen molar-refractivity contribution in [2.75, 3.05) is 20.3 Å². The molecule has 0 aromatic rings. The van der Waals surface area contributed by atoms with Crippen molar-refractivity contribution in [1.82, 2.24) is 5.32 Å². The van der Waals surface area contributed by atoms with E-state index in [1.165, 1.54) is 19.3 Å². The van der Waals surface area contributed by atoms with Crippen molar-refractivity contribution in [3.63, 3.8) is 0 Å². The predicted octanol–water partition coefficient (Wildman–Crippen LogP) is 1.96. The van der Waals surface area contributed by atoms with Gasteiger partial charge in [-0.2, -0.15) is 0 Å². The molecule has 2 aliphatic carbocycles. The molecule has 1 N–H and O–H groups in total. The van der Waals surface area contributed by atoms with Gasteiger partial charge in [0.1, 0.15) is 0 Å². The van der Waals surface area contributed by atoms with E-state index in [0.717, 1.165) is 32.0 Å². The van der Waals surface area contributed by atoms with E-state index in [1.807, 2.05) is 7.05 Å². The molecule has 0 heterocycles. The fourth-order valence-corrected chi connectivity index (χ4v) is 2.30. The zero-order chi connectivity index (χ0) is 11.4. The van der Waals surface area contributed by atoms with Gasteiger partial charge in [-0.25, -0.2) is 0 Å². The van der Waals surface area contributed by atoms with Crippen LogP contribution in [0.4, 0.5) is 0 Å². The fraction of sp³-hybridized carbons (Fsp3) is 1.00. The van der Waals surface area contributed by atoms with E-state index in [-0.39, 0.29) is 6.10 Å². The molecule has 0 aromatic carbocycles. The van der Waals surface area contributed by atoms with Gasteiger partial charge < -0.3 is 14.8 Å². The molecule has 0 saturated heterocycles. The van der Waals surface area contributed by atoms with Gasteiger partial charge in [0.05, 0.1) is 12.2 Å². The minimum atomic E-state index is 0.282. The highest BCUT2D eigenvalue weighted by molar-refractivity contribution is 4.96. The van der Waals surface area contributed by atoms with Crippen LogP contribution in [0.1, 0.15) is 39.0 Å². The lowest BCUT2D eigenvalue weighted by molar-refractivity contribution is -0.146. The summed E-state index contributed by atoms with van der Waals surface area (Å²) in [5.74, 6) is 0.968. The Balaban J connectivity index is 1.63. The number of ether oxygens (including phenoxy) is 2.